The Balaban J connectivity index is 1.65. The number of hydrogen-bond acceptors (Lipinski definition) is 4. The van der Waals surface area contributed by atoms with Gasteiger partial charge in [0.2, 0.25) is 5.91 Å². The molecule has 0 aliphatic carbocycles. The van der Waals surface area contributed by atoms with Gasteiger partial charge in [0.1, 0.15) is 0 Å². The molecule has 2 aliphatic heterocycles. The molecule has 1 aromatic heterocycles. The number of ether oxygens (including phenoxy) is 1. The van der Waals surface area contributed by atoms with Gasteiger partial charge in [-0.15, -0.1) is 0 Å². The van der Waals surface area contributed by atoms with E-state index in [0.717, 1.165) is 24.4 Å². The maximum Gasteiger partial charge on any atom is 0.240 e. The second-order valence-electron chi connectivity index (χ2n) is 5.79. The van der Waals surface area contributed by atoms with Crippen LogP contribution in [0.1, 0.15) is 24.7 Å². The fourth-order valence-electron chi connectivity index (χ4n) is 3.10. The number of H-pyrrole nitrogens is 1. The van der Waals surface area contributed by atoms with Crippen LogP contribution in [0, 0.1) is 5.92 Å². The third-order valence-electron chi connectivity index (χ3n) is 4.53. The zero-order valence-electron chi connectivity index (χ0n) is 12.1. The van der Waals surface area contributed by atoms with Crippen LogP contribution < -0.4 is 5.32 Å². The number of aromatic amines is 1. The maximum atomic E-state index is 12.6. The second kappa shape index (κ2) is 5.54. The Labute approximate surface area is 118 Å². The van der Waals surface area contributed by atoms with Gasteiger partial charge in [-0.2, -0.15) is 0 Å². The molecule has 0 saturated carbocycles. The summed E-state index contributed by atoms with van der Waals surface area (Å²) in [5.74, 6) is 0.689. The number of imidazole rings is 1. The van der Waals surface area contributed by atoms with Gasteiger partial charge in [0.05, 0.1) is 29.9 Å². The summed E-state index contributed by atoms with van der Waals surface area (Å²) in [6.45, 7) is 4.39. The molecule has 0 spiro atoms. The van der Waals surface area contributed by atoms with E-state index in [2.05, 4.69) is 22.2 Å². The second-order valence-corrected chi connectivity index (χ2v) is 5.79. The molecule has 3 rings (SSSR count). The molecule has 0 bridgehead atoms. The van der Waals surface area contributed by atoms with Crippen LogP contribution in [0.2, 0.25) is 0 Å². The highest BCUT2D eigenvalue weighted by molar-refractivity contribution is 5.82. The van der Waals surface area contributed by atoms with Gasteiger partial charge >= 0.3 is 0 Å². The number of fused-ring (bicyclic) bond motifs is 1. The lowest BCUT2D eigenvalue weighted by atomic mass is 9.94. The number of nitrogens with zero attached hydrogens (tertiary/aromatic N) is 2. The van der Waals surface area contributed by atoms with E-state index in [4.69, 9.17) is 4.74 Å². The minimum absolute atomic E-state index is 0.150. The molecule has 2 aliphatic rings. The number of amides is 1. The van der Waals surface area contributed by atoms with Crippen LogP contribution in [0.4, 0.5) is 0 Å². The van der Waals surface area contributed by atoms with E-state index in [9.17, 15) is 4.79 Å². The average molecular weight is 278 g/mol. The van der Waals surface area contributed by atoms with Gasteiger partial charge in [-0.05, 0) is 12.3 Å². The summed E-state index contributed by atoms with van der Waals surface area (Å²) in [5, 5.41) is 3.30. The largest absolute Gasteiger partial charge is 0.379 e. The number of nitrogens with one attached hydrogen (secondary N) is 2. The van der Waals surface area contributed by atoms with Crippen LogP contribution in [-0.4, -0.2) is 53.1 Å². The Morgan fingerprint density at radius 2 is 2.40 bits per heavy atom. The Kier molecular flexibility index (Phi) is 3.76. The Bertz CT molecular complexity index is 487. The van der Waals surface area contributed by atoms with Crippen LogP contribution in [0.5, 0.6) is 0 Å². The predicted octanol–water partition coefficient (Wildman–Crippen LogP) is 0.307. The summed E-state index contributed by atoms with van der Waals surface area (Å²) in [4.78, 5) is 21.9. The lowest BCUT2D eigenvalue weighted by molar-refractivity contribution is -0.138. The molecule has 1 amide bonds. The van der Waals surface area contributed by atoms with Crippen LogP contribution in [-0.2, 0) is 22.5 Å². The van der Waals surface area contributed by atoms with Crippen molar-refractivity contribution in [2.45, 2.75) is 38.5 Å². The molecule has 1 saturated heterocycles. The van der Waals surface area contributed by atoms with E-state index in [-0.39, 0.29) is 18.1 Å². The number of carbonyl (C=O) groups is 1. The molecule has 20 heavy (non-hydrogen) atoms. The van der Waals surface area contributed by atoms with Gasteiger partial charge in [0, 0.05) is 33.2 Å². The molecule has 3 atom stereocenters. The number of carbonyl (C=O) groups excluding carboxylic acids is 1. The van der Waals surface area contributed by atoms with Gasteiger partial charge in [-0.1, -0.05) is 6.92 Å². The van der Waals surface area contributed by atoms with E-state index in [0.29, 0.717) is 25.4 Å². The van der Waals surface area contributed by atoms with Crippen molar-refractivity contribution in [3.05, 3.63) is 17.7 Å². The number of rotatable bonds is 2. The molecule has 1 fully saturated rings. The highest BCUT2D eigenvalue weighted by Gasteiger charge is 2.34. The smallest absolute Gasteiger partial charge is 0.240 e. The molecule has 110 valence electrons. The minimum atomic E-state index is -0.156. The van der Waals surface area contributed by atoms with Crippen molar-refractivity contribution in [3.8, 4) is 0 Å². The number of methoxy groups -OCH3 is 1. The van der Waals surface area contributed by atoms with Gasteiger partial charge in [-0.25, -0.2) is 4.98 Å². The van der Waals surface area contributed by atoms with Gasteiger partial charge in [-0.3, -0.25) is 10.1 Å². The highest BCUT2D eigenvalue weighted by atomic mass is 16.5. The molecule has 0 radical (unpaired) electrons. The molecule has 1 aromatic rings. The van der Waals surface area contributed by atoms with Crippen molar-refractivity contribution in [1.82, 2.24) is 20.2 Å². The van der Waals surface area contributed by atoms with Crippen molar-refractivity contribution < 1.29 is 9.53 Å². The van der Waals surface area contributed by atoms with Crippen molar-refractivity contribution in [2.75, 3.05) is 20.2 Å². The zero-order chi connectivity index (χ0) is 14.1. The lowest BCUT2D eigenvalue weighted by Gasteiger charge is -2.38. The van der Waals surface area contributed by atoms with Gasteiger partial charge in [0.15, 0.2) is 0 Å². The first-order chi connectivity index (χ1) is 9.69. The fraction of sp³-hybridized carbons (Fsp3) is 0.714. The summed E-state index contributed by atoms with van der Waals surface area (Å²) >= 11 is 0. The summed E-state index contributed by atoms with van der Waals surface area (Å²) < 4.78 is 5.48. The number of hydrogen-bond donors (Lipinski definition) is 2. The van der Waals surface area contributed by atoms with E-state index in [1.165, 1.54) is 0 Å². The first-order valence-corrected chi connectivity index (χ1v) is 7.25. The number of piperidine rings is 1. The van der Waals surface area contributed by atoms with Crippen molar-refractivity contribution in [2.24, 2.45) is 5.92 Å². The van der Waals surface area contributed by atoms with Crippen LogP contribution in [0.25, 0.3) is 0 Å². The van der Waals surface area contributed by atoms with Crippen LogP contribution in [0.3, 0.4) is 0 Å². The normalized spacial score (nSPS) is 30.1. The summed E-state index contributed by atoms with van der Waals surface area (Å²) in [6.07, 6.45) is 3.52. The first kappa shape index (κ1) is 13.6. The third kappa shape index (κ3) is 2.45. The first-order valence-electron chi connectivity index (χ1n) is 7.25. The van der Waals surface area contributed by atoms with Gasteiger partial charge in [0.25, 0.3) is 0 Å². The number of likely N-dealkylation sites (tertiary alicyclic amines) is 1. The summed E-state index contributed by atoms with van der Waals surface area (Å²) in [6, 6.07) is -0.156. The Hall–Kier alpha value is -1.40. The molecule has 3 heterocycles. The zero-order valence-corrected chi connectivity index (χ0v) is 12.1. The molecular formula is C14H22N4O2. The molecule has 2 N–H and O–H groups in total. The Morgan fingerprint density at radius 1 is 1.55 bits per heavy atom. The van der Waals surface area contributed by atoms with E-state index < -0.39 is 0 Å². The average Bonchev–Trinajstić information content (AvgIpc) is 2.94. The van der Waals surface area contributed by atoms with Crippen LogP contribution >= 0.6 is 0 Å². The molecular weight excluding hydrogens is 256 g/mol. The highest BCUT2D eigenvalue weighted by Crippen LogP contribution is 2.21. The maximum absolute atomic E-state index is 12.6. The minimum Gasteiger partial charge on any atom is -0.379 e. The van der Waals surface area contributed by atoms with Crippen LogP contribution in [0.15, 0.2) is 6.33 Å². The third-order valence-corrected chi connectivity index (χ3v) is 4.53. The van der Waals surface area contributed by atoms with E-state index in [1.807, 2.05) is 4.90 Å². The van der Waals surface area contributed by atoms with E-state index in [1.54, 1.807) is 13.4 Å². The predicted molar refractivity (Wildman–Crippen MR) is 74.1 cm³/mol. The van der Waals surface area contributed by atoms with E-state index >= 15 is 0 Å². The molecule has 6 nitrogen and oxygen atoms in total. The summed E-state index contributed by atoms with van der Waals surface area (Å²) in [7, 11) is 1.73. The van der Waals surface area contributed by atoms with Crippen molar-refractivity contribution >= 4 is 5.91 Å². The molecule has 6 heteroatoms. The number of aromatic nitrogens is 2. The van der Waals surface area contributed by atoms with Gasteiger partial charge < -0.3 is 14.6 Å². The SMILES string of the molecule is COC1CN(C(=O)C2Cc3nc[nH]c3CN2)CCC1C. The quantitative estimate of drug-likeness (QED) is 0.817. The standard InChI is InChI=1S/C14H22N4O2/c1-9-3-4-18(7-13(9)20-2)14(19)11-5-10-12(6-15-11)17-8-16-10/h8-9,11,13,15H,3-7H2,1-2H3,(H,16,17). The molecule has 3 unspecified atom stereocenters. The monoisotopic (exact) mass is 278 g/mol. The fourth-order valence-corrected chi connectivity index (χ4v) is 3.10. The molecule has 0 aromatic carbocycles. The summed E-state index contributed by atoms with van der Waals surface area (Å²) in [5.41, 5.74) is 2.10. The van der Waals surface area contributed by atoms with Crippen molar-refractivity contribution in [1.29, 1.82) is 0 Å². The lowest BCUT2D eigenvalue weighted by Crippen LogP contribution is -2.54. The topological polar surface area (TPSA) is 70.2 Å². The Morgan fingerprint density at radius 3 is 3.20 bits per heavy atom. The van der Waals surface area contributed by atoms with Crippen molar-refractivity contribution in [3.63, 3.8) is 0 Å².